The lowest BCUT2D eigenvalue weighted by Gasteiger charge is -2.18. The van der Waals surface area contributed by atoms with Crippen LogP contribution in [0.1, 0.15) is 33.5 Å². The summed E-state index contributed by atoms with van der Waals surface area (Å²) in [4.78, 5) is 25.1. The number of amides is 1. The molecule has 2 N–H and O–H groups in total. The Bertz CT molecular complexity index is 1420. The van der Waals surface area contributed by atoms with E-state index in [-0.39, 0.29) is 5.91 Å². The smallest absolute Gasteiger partial charge is 0.326 e. The minimum Gasteiger partial charge on any atom is -0.480 e. The Hall–Kier alpha value is -4.03. The number of thioether (sulfide) groups is 1. The number of rotatable bonds is 12. The average molecular weight is 540 g/mol. The van der Waals surface area contributed by atoms with Gasteiger partial charge in [-0.05, 0) is 96.3 Å². The highest BCUT2D eigenvalue weighted by molar-refractivity contribution is 7.98. The van der Waals surface area contributed by atoms with Gasteiger partial charge in [0.05, 0.1) is 0 Å². The van der Waals surface area contributed by atoms with Crippen LogP contribution in [0.15, 0.2) is 97.1 Å². The van der Waals surface area contributed by atoms with Crippen LogP contribution in [0.4, 0.5) is 0 Å². The third-order valence-electron chi connectivity index (χ3n) is 6.56. The molecule has 0 aliphatic carbocycles. The van der Waals surface area contributed by atoms with E-state index in [1.165, 1.54) is 0 Å². The summed E-state index contributed by atoms with van der Waals surface area (Å²) in [7, 11) is 0. The molecule has 0 saturated heterocycles. The summed E-state index contributed by atoms with van der Waals surface area (Å²) in [6.07, 6.45) is 3.87. The maximum absolute atomic E-state index is 13.3. The predicted molar refractivity (Wildman–Crippen MR) is 159 cm³/mol. The largest absolute Gasteiger partial charge is 0.480 e. The number of para-hydroxylation sites is 1. The first-order valence-electron chi connectivity index (χ1n) is 13.0. The number of nitrogens with one attached hydrogen (secondary N) is 1. The molecule has 0 heterocycles. The third-order valence-corrected chi connectivity index (χ3v) is 7.20. The fourth-order valence-corrected chi connectivity index (χ4v) is 4.92. The highest BCUT2D eigenvalue weighted by Crippen LogP contribution is 2.29. The maximum atomic E-state index is 13.3. The van der Waals surface area contributed by atoms with E-state index in [1.807, 2.05) is 92.0 Å². The zero-order valence-corrected chi connectivity index (χ0v) is 23.0. The number of aliphatic carboxylic acids is 1. The van der Waals surface area contributed by atoms with Crippen LogP contribution >= 0.6 is 11.8 Å². The van der Waals surface area contributed by atoms with Crippen molar-refractivity contribution in [3.63, 3.8) is 0 Å². The van der Waals surface area contributed by atoms with Gasteiger partial charge in [0.1, 0.15) is 17.5 Å². The van der Waals surface area contributed by atoms with Gasteiger partial charge >= 0.3 is 5.97 Å². The summed E-state index contributed by atoms with van der Waals surface area (Å²) in [5, 5.41) is 12.4. The van der Waals surface area contributed by atoms with Gasteiger partial charge in [-0.1, -0.05) is 66.7 Å². The summed E-state index contributed by atoms with van der Waals surface area (Å²) < 4.78 is 5.99. The molecule has 0 aliphatic heterocycles. The highest BCUT2D eigenvalue weighted by Gasteiger charge is 2.22. The molecule has 200 valence electrons. The zero-order valence-electron chi connectivity index (χ0n) is 22.2. The lowest BCUT2D eigenvalue weighted by atomic mass is 9.92. The lowest BCUT2D eigenvalue weighted by Crippen LogP contribution is -2.41. The molecule has 4 aromatic rings. The van der Waals surface area contributed by atoms with Crippen LogP contribution in [0, 0.1) is 6.92 Å². The van der Waals surface area contributed by atoms with Gasteiger partial charge in [-0.25, -0.2) is 4.79 Å². The van der Waals surface area contributed by atoms with Gasteiger partial charge in [-0.2, -0.15) is 11.8 Å². The zero-order chi connectivity index (χ0) is 27.6. The van der Waals surface area contributed by atoms with E-state index in [2.05, 4.69) is 23.5 Å². The average Bonchev–Trinajstić information content (AvgIpc) is 2.95. The molecule has 4 rings (SSSR count). The molecule has 4 aromatic carbocycles. The Morgan fingerprint density at radius 2 is 1.51 bits per heavy atom. The minimum absolute atomic E-state index is 0.368. The number of carbonyl (C=O) groups excluding carboxylic acids is 1. The summed E-state index contributed by atoms with van der Waals surface area (Å²) in [5.41, 5.74) is 5.53. The second kappa shape index (κ2) is 13.7. The number of hydrogen-bond donors (Lipinski definition) is 2. The van der Waals surface area contributed by atoms with E-state index >= 15 is 0 Å². The van der Waals surface area contributed by atoms with Crippen molar-refractivity contribution in [2.24, 2.45) is 0 Å². The Labute approximate surface area is 234 Å². The van der Waals surface area contributed by atoms with E-state index < -0.39 is 12.0 Å². The molecule has 1 amide bonds. The fourth-order valence-electron chi connectivity index (χ4n) is 4.45. The first kappa shape index (κ1) is 28.0. The van der Waals surface area contributed by atoms with Crippen molar-refractivity contribution >= 4 is 23.6 Å². The number of carboxylic acids is 1. The Kier molecular flexibility index (Phi) is 9.81. The van der Waals surface area contributed by atoms with Gasteiger partial charge in [-0.3, -0.25) is 4.79 Å². The van der Waals surface area contributed by atoms with Gasteiger partial charge in [0.2, 0.25) is 0 Å². The van der Waals surface area contributed by atoms with Crippen molar-refractivity contribution < 1.29 is 19.4 Å². The van der Waals surface area contributed by atoms with Crippen LogP contribution in [-0.2, 0) is 17.6 Å². The second-order valence-corrected chi connectivity index (χ2v) is 10.4. The van der Waals surface area contributed by atoms with E-state index in [9.17, 15) is 14.7 Å². The fraction of sp³-hybridized carbons (Fsp3) is 0.212. The lowest BCUT2D eigenvalue weighted by molar-refractivity contribution is -0.139. The molecule has 0 aliphatic rings. The minimum atomic E-state index is -1.02. The molecule has 5 nitrogen and oxygen atoms in total. The number of hydrogen-bond acceptors (Lipinski definition) is 4. The maximum Gasteiger partial charge on any atom is 0.326 e. The first-order valence-corrected chi connectivity index (χ1v) is 14.4. The quantitative estimate of drug-likeness (QED) is 0.200. The number of benzene rings is 4. The van der Waals surface area contributed by atoms with Gasteiger partial charge in [0.25, 0.3) is 5.91 Å². The van der Waals surface area contributed by atoms with Crippen molar-refractivity contribution in [1.82, 2.24) is 5.32 Å². The Morgan fingerprint density at radius 3 is 2.23 bits per heavy atom. The molecule has 6 heteroatoms. The van der Waals surface area contributed by atoms with Crippen molar-refractivity contribution in [1.29, 1.82) is 0 Å². The van der Waals surface area contributed by atoms with Gasteiger partial charge in [-0.15, -0.1) is 0 Å². The van der Waals surface area contributed by atoms with Crippen molar-refractivity contribution in [2.75, 3.05) is 12.0 Å². The Balaban J connectivity index is 1.56. The van der Waals surface area contributed by atoms with E-state index in [4.69, 9.17) is 4.74 Å². The van der Waals surface area contributed by atoms with Crippen molar-refractivity contribution in [3.8, 4) is 22.6 Å². The van der Waals surface area contributed by atoms with Gasteiger partial charge in [0.15, 0.2) is 0 Å². The van der Waals surface area contributed by atoms with Crippen LogP contribution in [0.25, 0.3) is 11.1 Å². The second-order valence-electron chi connectivity index (χ2n) is 9.40. The Morgan fingerprint density at radius 1 is 0.821 bits per heavy atom. The summed E-state index contributed by atoms with van der Waals surface area (Å²) in [6.45, 7) is 2.01. The van der Waals surface area contributed by atoms with Gasteiger partial charge < -0.3 is 15.2 Å². The van der Waals surface area contributed by atoms with E-state index in [0.717, 1.165) is 52.2 Å². The SMILES string of the molecule is CSCC[C@H](NC(=O)c1ccc(CCc2cccc(Oc3ccccc3)c2)cc1-c1ccccc1C)C(=O)O. The molecule has 0 unspecified atom stereocenters. The number of carboxylic acid groups (broad SMARTS) is 1. The van der Waals surface area contributed by atoms with Crippen LogP contribution in [0.3, 0.4) is 0 Å². The molecular weight excluding hydrogens is 506 g/mol. The third kappa shape index (κ3) is 7.74. The van der Waals surface area contributed by atoms with Crippen LogP contribution < -0.4 is 10.1 Å². The topological polar surface area (TPSA) is 75.6 Å². The summed E-state index contributed by atoms with van der Waals surface area (Å²) in [6, 6.07) is 30.6. The molecule has 0 saturated carbocycles. The number of aryl methyl sites for hydroxylation is 3. The molecule has 0 aromatic heterocycles. The molecule has 1 atom stereocenters. The van der Waals surface area contributed by atoms with Crippen LogP contribution in [0.2, 0.25) is 0 Å². The van der Waals surface area contributed by atoms with Gasteiger partial charge in [0, 0.05) is 5.56 Å². The number of ether oxygens (including phenoxy) is 1. The molecule has 39 heavy (non-hydrogen) atoms. The molecule has 0 radical (unpaired) electrons. The highest BCUT2D eigenvalue weighted by atomic mass is 32.2. The molecular formula is C33H33NO4S. The summed E-state index contributed by atoms with van der Waals surface area (Å²) >= 11 is 1.56. The predicted octanol–water partition coefficient (Wildman–Crippen LogP) is 7.18. The molecule has 0 fully saturated rings. The standard InChI is InChI=1S/C33H33NO4S/c1-23-9-6-7-14-28(23)30-22-25(17-18-29(30)32(35)34-31(33(36)37)19-20-39-2)16-15-24-10-8-13-27(21-24)38-26-11-4-3-5-12-26/h3-14,17-18,21-22,31H,15-16,19-20H2,1-2H3,(H,34,35)(H,36,37)/t31-/m0/s1. The van der Waals surface area contributed by atoms with E-state index in [0.29, 0.717) is 17.7 Å². The summed E-state index contributed by atoms with van der Waals surface area (Å²) in [5.74, 6) is 0.841. The van der Waals surface area contributed by atoms with Crippen molar-refractivity contribution in [2.45, 2.75) is 32.2 Å². The monoisotopic (exact) mass is 539 g/mol. The first-order chi connectivity index (χ1) is 18.9. The van der Waals surface area contributed by atoms with Crippen molar-refractivity contribution in [3.05, 3.63) is 119 Å². The normalized spacial score (nSPS) is 11.5. The molecule has 0 bridgehead atoms. The van der Waals surface area contributed by atoms with Crippen LogP contribution in [-0.4, -0.2) is 35.0 Å². The number of carbonyl (C=O) groups is 2. The van der Waals surface area contributed by atoms with Crippen LogP contribution in [0.5, 0.6) is 11.5 Å². The van der Waals surface area contributed by atoms with E-state index in [1.54, 1.807) is 11.8 Å². The molecule has 0 spiro atoms.